The fourth-order valence-corrected chi connectivity index (χ4v) is 2.59. The third kappa shape index (κ3) is 4.93. The van der Waals surface area contributed by atoms with Gasteiger partial charge in [0.1, 0.15) is 5.82 Å². The van der Waals surface area contributed by atoms with Crippen LogP contribution < -0.4 is 5.32 Å². The quantitative estimate of drug-likeness (QED) is 0.843. The number of piperidine rings is 1. The van der Waals surface area contributed by atoms with Crippen molar-refractivity contribution < 1.29 is 14.0 Å². The van der Waals surface area contributed by atoms with Gasteiger partial charge in [0, 0.05) is 19.0 Å². The highest BCUT2D eigenvalue weighted by Gasteiger charge is 2.21. The van der Waals surface area contributed by atoms with Gasteiger partial charge in [0.05, 0.1) is 6.54 Å². The molecule has 1 aromatic rings. The number of carbonyl (C=O) groups excluding carboxylic acids is 2. The molecule has 0 spiro atoms. The Bertz CT molecular complexity index is 511. The summed E-state index contributed by atoms with van der Waals surface area (Å²) in [4.78, 5) is 25.1. The number of nitrogens with zero attached hydrogens (tertiary/aromatic N) is 1. The Morgan fingerprint density at radius 1 is 1.33 bits per heavy atom. The third-order valence-corrected chi connectivity index (χ3v) is 3.86. The summed E-state index contributed by atoms with van der Waals surface area (Å²) < 4.78 is 13.1. The van der Waals surface area contributed by atoms with Crippen molar-refractivity contribution in [1.82, 2.24) is 10.2 Å². The summed E-state index contributed by atoms with van der Waals surface area (Å²) in [5, 5.41) is 2.84. The molecule has 21 heavy (non-hydrogen) atoms. The van der Waals surface area contributed by atoms with E-state index in [0.29, 0.717) is 24.6 Å². The van der Waals surface area contributed by atoms with E-state index in [1.165, 1.54) is 19.1 Å². The van der Waals surface area contributed by atoms with Crippen molar-refractivity contribution in [2.24, 2.45) is 5.92 Å². The summed E-state index contributed by atoms with van der Waals surface area (Å²) in [5.41, 5.74) is 0.426. The predicted molar refractivity (Wildman–Crippen MR) is 78.6 cm³/mol. The highest BCUT2D eigenvalue weighted by atomic mass is 19.1. The van der Waals surface area contributed by atoms with Gasteiger partial charge in [-0.05, 0) is 44.0 Å². The van der Waals surface area contributed by atoms with Crippen LogP contribution in [0.2, 0.25) is 0 Å². The Hall–Kier alpha value is -1.75. The second kappa shape index (κ2) is 7.31. The van der Waals surface area contributed by atoms with E-state index < -0.39 is 0 Å². The molecule has 0 radical (unpaired) electrons. The van der Waals surface area contributed by atoms with Crippen LogP contribution in [0, 0.1) is 11.7 Å². The fraction of sp³-hybridized carbons (Fsp3) is 0.500. The topological polar surface area (TPSA) is 49.4 Å². The number of halogens is 1. The van der Waals surface area contributed by atoms with Crippen molar-refractivity contribution in [2.75, 3.05) is 26.2 Å². The Labute approximate surface area is 124 Å². The van der Waals surface area contributed by atoms with Crippen LogP contribution in [0.5, 0.6) is 0 Å². The van der Waals surface area contributed by atoms with E-state index in [4.69, 9.17) is 0 Å². The van der Waals surface area contributed by atoms with Crippen molar-refractivity contribution in [1.29, 1.82) is 0 Å². The van der Waals surface area contributed by atoms with E-state index in [1.54, 1.807) is 12.1 Å². The summed E-state index contributed by atoms with van der Waals surface area (Å²) in [7, 11) is 0. The van der Waals surface area contributed by atoms with Crippen molar-refractivity contribution in [3.05, 3.63) is 35.6 Å². The second-order valence-corrected chi connectivity index (χ2v) is 5.59. The lowest BCUT2D eigenvalue weighted by atomic mass is 9.96. The minimum atomic E-state index is -0.380. The second-order valence-electron chi connectivity index (χ2n) is 5.59. The lowest BCUT2D eigenvalue weighted by molar-refractivity contribution is -0.119. The van der Waals surface area contributed by atoms with E-state index in [2.05, 4.69) is 10.2 Å². The van der Waals surface area contributed by atoms with Crippen molar-refractivity contribution in [2.45, 2.75) is 19.8 Å². The van der Waals surface area contributed by atoms with Gasteiger partial charge < -0.3 is 5.32 Å². The first-order valence-corrected chi connectivity index (χ1v) is 7.30. The zero-order chi connectivity index (χ0) is 15.2. The molecule has 1 fully saturated rings. The van der Waals surface area contributed by atoms with E-state index in [0.717, 1.165) is 25.9 Å². The number of likely N-dealkylation sites (tertiary alicyclic amines) is 1. The lowest BCUT2D eigenvalue weighted by Gasteiger charge is -2.31. The van der Waals surface area contributed by atoms with E-state index in [1.807, 2.05) is 0 Å². The maximum atomic E-state index is 13.1. The number of amides is 1. The van der Waals surface area contributed by atoms with Crippen LogP contribution in [0.4, 0.5) is 4.39 Å². The van der Waals surface area contributed by atoms with E-state index in [-0.39, 0.29) is 17.5 Å². The van der Waals surface area contributed by atoms with Gasteiger partial charge in [-0.3, -0.25) is 14.5 Å². The van der Waals surface area contributed by atoms with E-state index >= 15 is 0 Å². The SMILES string of the molecule is CC(=O)NCC1CCN(CC(=O)c2cccc(F)c2)CC1. The number of hydrogen-bond donors (Lipinski definition) is 1. The first-order valence-electron chi connectivity index (χ1n) is 7.30. The number of hydrogen-bond acceptors (Lipinski definition) is 3. The van der Waals surface area contributed by atoms with Crippen LogP contribution in [-0.2, 0) is 4.79 Å². The number of benzene rings is 1. The summed E-state index contributed by atoms with van der Waals surface area (Å²) in [6.45, 7) is 4.24. The molecule has 1 aromatic carbocycles. The normalized spacial score (nSPS) is 16.7. The first-order chi connectivity index (χ1) is 10.0. The van der Waals surface area contributed by atoms with Crippen molar-refractivity contribution in [3.63, 3.8) is 0 Å². The van der Waals surface area contributed by atoms with Crippen molar-refractivity contribution in [3.8, 4) is 0 Å². The van der Waals surface area contributed by atoms with Gasteiger partial charge in [-0.1, -0.05) is 12.1 Å². The van der Waals surface area contributed by atoms with Crippen LogP contribution in [0.15, 0.2) is 24.3 Å². The minimum Gasteiger partial charge on any atom is -0.356 e. The Kier molecular flexibility index (Phi) is 5.44. The Morgan fingerprint density at radius 2 is 2.05 bits per heavy atom. The molecule has 5 heteroatoms. The molecule has 1 N–H and O–H groups in total. The molecule has 1 heterocycles. The Balaban J connectivity index is 1.78. The fourth-order valence-electron chi connectivity index (χ4n) is 2.59. The monoisotopic (exact) mass is 292 g/mol. The van der Waals surface area contributed by atoms with Crippen LogP contribution in [0.1, 0.15) is 30.1 Å². The minimum absolute atomic E-state index is 0.00119. The molecule has 4 nitrogen and oxygen atoms in total. The number of ketones is 1. The molecule has 0 aromatic heterocycles. The van der Waals surface area contributed by atoms with Crippen LogP contribution in [0.25, 0.3) is 0 Å². The molecule has 0 unspecified atom stereocenters. The average Bonchev–Trinajstić information content (AvgIpc) is 2.46. The largest absolute Gasteiger partial charge is 0.356 e. The van der Waals surface area contributed by atoms with Crippen LogP contribution in [-0.4, -0.2) is 42.8 Å². The molecule has 1 amide bonds. The first kappa shape index (κ1) is 15.6. The van der Waals surface area contributed by atoms with Crippen LogP contribution >= 0.6 is 0 Å². The zero-order valence-corrected chi connectivity index (χ0v) is 12.3. The maximum absolute atomic E-state index is 13.1. The number of rotatable bonds is 5. The molecule has 1 aliphatic heterocycles. The molecular formula is C16H21FN2O2. The third-order valence-electron chi connectivity index (χ3n) is 3.86. The highest BCUT2D eigenvalue weighted by molar-refractivity contribution is 5.97. The molecular weight excluding hydrogens is 271 g/mol. The van der Waals surface area contributed by atoms with Gasteiger partial charge in [0.25, 0.3) is 0 Å². The molecule has 0 aliphatic carbocycles. The highest BCUT2D eigenvalue weighted by Crippen LogP contribution is 2.17. The molecule has 2 rings (SSSR count). The van der Waals surface area contributed by atoms with Gasteiger partial charge in [0.2, 0.25) is 5.91 Å². The van der Waals surface area contributed by atoms with Gasteiger partial charge >= 0.3 is 0 Å². The van der Waals surface area contributed by atoms with E-state index in [9.17, 15) is 14.0 Å². The average molecular weight is 292 g/mol. The zero-order valence-electron chi connectivity index (χ0n) is 12.3. The number of Topliss-reactive ketones (excluding diaryl/α,β-unsaturated/α-hetero) is 1. The lowest BCUT2D eigenvalue weighted by Crippen LogP contribution is -2.40. The number of nitrogens with one attached hydrogen (secondary N) is 1. The van der Waals surface area contributed by atoms with Gasteiger partial charge in [-0.15, -0.1) is 0 Å². The smallest absolute Gasteiger partial charge is 0.216 e. The molecule has 0 atom stereocenters. The van der Waals surface area contributed by atoms with Gasteiger partial charge in [-0.25, -0.2) is 4.39 Å². The molecule has 0 saturated carbocycles. The standard InChI is InChI=1S/C16H21FN2O2/c1-12(20)18-10-13-5-7-19(8-6-13)11-16(21)14-3-2-4-15(17)9-14/h2-4,9,13H,5-8,10-11H2,1H3,(H,18,20). The summed E-state index contributed by atoms with van der Waals surface area (Å²) in [5.74, 6) is 0.0535. The predicted octanol–water partition coefficient (Wildman–Crippen LogP) is 1.86. The van der Waals surface area contributed by atoms with Crippen molar-refractivity contribution >= 4 is 11.7 Å². The molecule has 0 bridgehead atoms. The number of carbonyl (C=O) groups is 2. The maximum Gasteiger partial charge on any atom is 0.216 e. The van der Waals surface area contributed by atoms with Crippen LogP contribution in [0.3, 0.4) is 0 Å². The summed E-state index contributed by atoms with van der Waals surface area (Å²) in [6.07, 6.45) is 1.94. The van der Waals surface area contributed by atoms with Gasteiger partial charge in [0.15, 0.2) is 5.78 Å². The summed E-state index contributed by atoms with van der Waals surface area (Å²) >= 11 is 0. The molecule has 1 saturated heterocycles. The molecule has 1 aliphatic rings. The van der Waals surface area contributed by atoms with Gasteiger partial charge in [-0.2, -0.15) is 0 Å². The Morgan fingerprint density at radius 3 is 2.67 bits per heavy atom. The summed E-state index contributed by atoms with van der Waals surface area (Å²) in [6, 6.07) is 5.83. The molecule has 114 valence electrons.